The molecular formula is C20H18Cl3NO4S. The fraction of sp³-hybridized carbons (Fsp3) is 0.300. The number of benzene rings is 2. The molecule has 1 amide bonds. The van der Waals surface area contributed by atoms with Crippen molar-refractivity contribution in [1.82, 2.24) is 4.90 Å². The average molecular weight is 475 g/mol. The first-order chi connectivity index (χ1) is 13.6. The third kappa shape index (κ3) is 4.94. The number of Topliss-reactive ketones (excluding diaryl/α,β-unsaturated/α-hetero) is 1. The summed E-state index contributed by atoms with van der Waals surface area (Å²) in [5, 5.41) is 0.796. The van der Waals surface area contributed by atoms with Crippen LogP contribution in [0.5, 0.6) is 0 Å². The molecule has 0 unspecified atom stereocenters. The molecule has 9 heteroatoms. The van der Waals surface area contributed by atoms with Crippen molar-refractivity contribution in [3.63, 3.8) is 0 Å². The summed E-state index contributed by atoms with van der Waals surface area (Å²) in [6, 6.07) is 9.01. The van der Waals surface area contributed by atoms with Crippen molar-refractivity contribution in [2.75, 3.05) is 19.3 Å². The number of carbonyl (C=O) groups excluding carboxylic acids is 2. The van der Waals surface area contributed by atoms with Crippen LogP contribution in [0.25, 0.3) is 0 Å². The number of likely N-dealkylation sites (tertiary alicyclic amines) is 1. The normalized spacial score (nSPS) is 15.4. The summed E-state index contributed by atoms with van der Waals surface area (Å²) in [6.07, 6.45) is 2.07. The number of hydrogen-bond donors (Lipinski definition) is 0. The highest BCUT2D eigenvalue weighted by atomic mass is 35.5. The second-order valence-electron chi connectivity index (χ2n) is 6.98. The van der Waals surface area contributed by atoms with Crippen LogP contribution in [0.2, 0.25) is 15.1 Å². The molecule has 0 spiro atoms. The molecule has 0 aliphatic carbocycles. The maximum atomic E-state index is 12.8. The highest BCUT2D eigenvalue weighted by molar-refractivity contribution is 7.90. The lowest BCUT2D eigenvalue weighted by atomic mass is 9.88. The molecule has 0 atom stereocenters. The largest absolute Gasteiger partial charge is 0.339 e. The quantitative estimate of drug-likeness (QED) is 0.598. The summed E-state index contributed by atoms with van der Waals surface area (Å²) in [5.74, 6) is -0.526. The van der Waals surface area contributed by atoms with Gasteiger partial charge in [-0.15, -0.1) is 0 Å². The monoisotopic (exact) mass is 473 g/mol. The van der Waals surface area contributed by atoms with E-state index in [1.165, 1.54) is 18.2 Å². The fourth-order valence-electron chi connectivity index (χ4n) is 3.33. The Bertz CT molecular complexity index is 1080. The Balaban J connectivity index is 1.70. The minimum absolute atomic E-state index is 0.0264. The first kappa shape index (κ1) is 22.1. The molecule has 29 heavy (non-hydrogen) atoms. The third-order valence-corrected chi connectivity index (χ3v) is 7.25. The molecule has 0 bridgehead atoms. The van der Waals surface area contributed by atoms with E-state index >= 15 is 0 Å². The molecule has 0 radical (unpaired) electrons. The van der Waals surface area contributed by atoms with E-state index in [1.54, 1.807) is 23.1 Å². The maximum absolute atomic E-state index is 12.8. The van der Waals surface area contributed by atoms with Crippen molar-refractivity contribution in [3.8, 4) is 0 Å². The van der Waals surface area contributed by atoms with Gasteiger partial charge in [-0.1, -0.05) is 34.8 Å². The lowest BCUT2D eigenvalue weighted by Crippen LogP contribution is -2.40. The molecule has 154 valence electrons. The number of amides is 1. The number of carbonyl (C=O) groups is 2. The summed E-state index contributed by atoms with van der Waals surface area (Å²) in [6.45, 7) is 0.792. The molecule has 0 N–H and O–H groups in total. The van der Waals surface area contributed by atoms with E-state index in [-0.39, 0.29) is 33.1 Å². The van der Waals surface area contributed by atoms with Crippen molar-refractivity contribution < 1.29 is 18.0 Å². The van der Waals surface area contributed by atoms with Gasteiger partial charge in [0.25, 0.3) is 5.91 Å². The van der Waals surface area contributed by atoms with Crippen molar-refractivity contribution in [1.29, 1.82) is 0 Å². The van der Waals surface area contributed by atoms with Crippen LogP contribution in [0, 0.1) is 5.92 Å². The molecular weight excluding hydrogens is 457 g/mol. The standard InChI is InChI=1S/C20H18Cl3NO4S/c1-29(27,28)18-11-14(3-5-16(18)22)20(26)24-8-6-12(7-9-24)19(25)13-2-4-15(21)17(23)10-13/h2-5,10-12H,6-9H2,1H3. The third-order valence-electron chi connectivity index (χ3n) is 4.93. The van der Waals surface area contributed by atoms with E-state index in [4.69, 9.17) is 34.8 Å². The Labute approximate surface area is 184 Å². The molecule has 2 aromatic carbocycles. The van der Waals surface area contributed by atoms with Crippen molar-refractivity contribution >= 4 is 56.3 Å². The van der Waals surface area contributed by atoms with Gasteiger partial charge in [-0.3, -0.25) is 9.59 Å². The molecule has 5 nitrogen and oxygen atoms in total. The molecule has 0 saturated carbocycles. The van der Waals surface area contributed by atoms with Crippen LogP contribution in [0.15, 0.2) is 41.3 Å². The van der Waals surface area contributed by atoms with E-state index in [1.807, 2.05) is 0 Å². The van der Waals surface area contributed by atoms with Gasteiger partial charge in [0.2, 0.25) is 0 Å². The van der Waals surface area contributed by atoms with E-state index in [9.17, 15) is 18.0 Å². The lowest BCUT2D eigenvalue weighted by Gasteiger charge is -2.31. The van der Waals surface area contributed by atoms with Crippen LogP contribution in [-0.4, -0.2) is 44.4 Å². The lowest BCUT2D eigenvalue weighted by molar-refractivity contribution is 0.0650. The Morgan fingerprint density at radius 1 is 0.897 bits per heavy atom. The van der Waals surface area contributed by atoms with Crippen LogP contribution < -0.4 is 0 Å². The van der Waals surface area contributed by atoms with Crippen LogP contribution in [-0.2, 0) is 9.84 Å². The highest BCUT2D eigenvalue weighted by Gasteiger charge is 2.29. The number of nitrogens with zero attached hydrogens (tertiary/aromatic N) is 1. The number of hydrogen-bond acceptors (Lipinski definition) is 4. The molecule has 2 aromatic rings. The van der Waals surface area contributed by atoms with Crippen LogP contribution in [0.3, 0.4) is 0 Å². The van der Waals surface area contributed by atoms with Crippen LogP contribution >= 0.6 is 34.8 Å². The minimum atomic E-state index is -3.55. The predicted molar refractivity (Wildman–Crippen MR) is 114 cm³/mol. The second-order valence-corrected chi connectivity index (χ2v) is 10.2. The van der Waals surface area contributed by atoms with Gasteiger partial charge in [-0.05, 0) is 49.2 Å². The summed E-state index contributed by atoms with van der Waals surface area (Å²) in [4.78, 5) is 27.1. The highest BCUT2D eigenvalue weighted by Crippen LogP contribution is 2.28. The Kier molecular flexibility index (Phi) is 6.58. The van der Waals surface area contributed by atoms with Gasteiger partial charge in [0.1, 0.15) is 0 Å². The summed E-state index contributed by atoms with van der Waals surface area (Å²) < 4.78 is 23.7. The zero-order valence-electron chi connectivity index (χ0n) is 15.5. The van der Waals surface area contributed by atoms with Crippen molar-refractivity contribution in [3.05, 3.63) is 62.6 Å². The van der Waals surface area contributed by atoms with E-state index in [0.29, 0.717) is 41.5 Å². The first-order valence-electron chi connectivity index (χ1n) is 8.86. The number of halogens is 3. The Morgan fingerprint density at radius 2 is 1.48 bits per heavy atom. The Morgan fingerprint density at radius 3 is 2.07 bits per heavy atom. The number of rotatable bonds is 4. The number of piperidine rings is 1. The molecule has 1 saturated heterocycles. The summed E-state index contributed by atoms with van der Waals surface area (Å²) >= 11 is 17.8. The summed E-state index contributed by atoms with van der Waals surface area (Å²) in [7, 11) is -3.55. The molecule has 1 fully saturated rings. The van der Waals surface area contributed by atoms with E-state index in [2.05, 4.69) is 0 Å². The summed E-state index contributed by atoms with van der Waals surface area (Å²) in [5.41, 5.74) is 0.753. The van der Waals surface area contributed by atoms with Crippen LogP contribution in [0.1, 0.15) is 33.6 Å². The molecule has 3 rings (SSSR count). The Hall–Kier alpha value is -1.60. The SMILES string of the molecule is CS(=O)(=O)c1cc(C(=O)N2CCC(C(=O)c3ccc(Cl)c(Cl)c3)CC2)ccc1Cl. The van der Waals surface area contributed by atoms with Gasteiger partial charge in [0.15, 0.2) is 15.6 Å². The first-order valence-corrected chi connectivity index (χ1v) is 11.9. The number of sulfone groups is 1. The van der Waals surface area contributed by atoms with Crippen molar-refractivity contribution in [2.45, 2.75) is 17.7 Å². The smallest absolute Gasteiger partial charge is 0.253 e. The van der Waals surface area contributed by atoms with Crippen LogP contribution in [0.4, 0.5) is 0 Å². The van der Waals surface area contributed by atoms with Gasteiger partial charge in [-0.2, -0.15) is 0 Å². The zero-order chi connectivity index (χ0) is 21.3. The molecule has 1 heterocycles. The van der Waals surface area contributed by atoms with Gasteiger partial charge < -0.3 is 4.90 Å². The minimum Gasteiger partial charge on any atom is -0.339 e. The predicted octanol–water partition coefficient (Wildman–Crippen LogP) is 4.79. The average Bonchev–Trinajstić information content (AvgIpc) is 2.68. The van der Waals surface area contributed by atoms with E-state index < -0.39 is 9.84 Å². The topological polar surface area (TPSA) is 71.5 Å². The maximum Gasteiger partial charge on any atom is 0.253 e. The molecule has 1 aliphatic rings. The van der Waals surface area contributed by atoms with E-state index in [0.717, 1.165) is 6.26 Å². The van der Waals surface area contributed by atoms with Gasteiger partial charge in [-0.25, -0.2) is 8.42 Å². The van der Waals surface area contributed by atoms with Gasteiger partial charge in [0, 0.05) is 36.4 Å². The molecule has 1 aliphatic heterocycles. The van der Waals surface area contributed by atoms with Gasteiger partial charge >= 0.3 is 0 Å². The fourth-order valence-corrected chi connectivity index (χ4v) is 4.93. The molecule has 0 aromatic heterocycles. The van der Waals surface area contributed by atoms with Gasteiger partial charge in [0.05, 0.1) is 20.0 Å². The second kappa shape index (κ2) is 8.64. The zero-order valence-corrected chi connectivity index (χ0v) is 18.6. The van der Waals surface area contributed by atoms with Crippen molar-refractivity contribution in [2.24, 2.45) is 5.92 Å². The number of ketones is 1.